The van der Waals surface area contributed by atoms with Crippen molar-refractivity contribution in [2.45, 2.75) is 0 Å². The molecular formula is C12H18S6. The normalized spacial score (nSPS) is 11.2. The maximum atomic E-state index is 3.72. The number of thioether (sulfide) groups is 6. The van der Waals surface area contributed by atoms with Crippen molar-refractivity contribution in [3.63, 3.8) is 0 Å². The van der Waals surface area contributed by atoms with Crippen molar-refractivity contribution in [1.29, 1.82) is 0 Å². The fourth-order valence-electron chi connectivity index (χ4n) is 0.720. The highest BCUT2D eigenvalue weighted by Crippen LogP contribution is 2.29. The molecule has 6 heteroatoms. The average Bonchev–Trinajstić information content (AvgIpc) is 2.39. The standard InChI is InChI=1S/C12H18S6/c1-4-13-9-16-7-12(18-11-15-6-3)8-17-10-14-5-2/h4-7H,1-3,8-11H2. The van der Waals surface area contributed by atoms with Gasteiger partial charge < -0.3 is 0 Å². The molecule has 0 unspecified atom stereocenters. The summed E-state index contributed by atoms with van der Waals surface area (Å²) >= 11 is 10.9. The minimum atomic E-state index is 1.04. The van der Waals surface area contributed by atoms with E-state index in [2.05, 4.69) is 25.1 Å². The number of hydrogen-bond donors (Lipinski definition) is 0. The van der Waals surface area contributed by atoms with Crippen molar-refractivity contribution in [2.75, 3.05) is 21.0 Å². The van der Waals surface area contributed by atoms with Crippen LogP contribution in [-0.2, 0) is 0 Å². The maximum absolute atomic E-state index is 3.72. The lowest BCUT2D eigenvalue weighted by molar-refractivity contribution is 1.73. The van der Waals surface area contributed by atoms with Crippen LogP contribution in [0.5, 0.6) is 0 Å². The number of hydrogen-bond acceptors (Lipinski definition) is 6. The van der Waals surface area contributed by atoms with E-state index in [-0.39, 0.29) is 0 Å². The molecule has 0 rings (SSSR count). The van der Waals surface area contributed by atoms with E-state index in [4.69, 9.17) is 0 Å². The van der Waals surface area contributed by atoms with Gasteiger partial charge >= 0.3 is 0 Å². The summed E-state index contributed by atoms with van der Waals surface area (Å²) in [6.07, 6.45) is 0. The van der Waals surface area contributed by atoms with Gasteiger partial charge in [-0.2, -0.15) is 0 Å². The van der Waals surface area contributed by atoms with Crippen molar-refractivity contribution < 1.29 is 0 Å². The molecule has 0 saturated heterocycles. The van der Waals surface area contributed by atoms with E-state index >= 15 is 0 Å². The van der Waals surface area contributed by atoms with Gasteiger partial charge in [-0.1, -0.05) is 19.7 Å². The lowest BCUT2D eigenvalue weighted by Crippen LogP contribution is -1.84. The molecule has 0 aromatic carbocycles. The molecule has 0 N–H and O–H groups in total. The van der Waals surface area contributed by atoms with Crippen molar-refractivity contribution in [3.05, 3.63) is 46.3 Å². The Labute approximate surface area is 137 Å². The second kappa shape index (κ2) is 16.1. The van der Waals surface area contributed by atoms with E-state index in [1.54, 1.807) is 35.3 Å². The Bertz CT molecular complexity index is 261. The molecule has 0 atom stereocenters. The van der Waals surface area contributed by atoms with Gasteiger partial charge in [-0.25, -0.2) is 0 Å². The number of rotatable bonds is 13. The van der Waals surface area contributed by atoms with E-state index in [0.29, 0.717) is 0 Å². The molecule has 0 saturated carbocycles. The highest BCUT2D eigenvalue weighted by atomic mass is 32.2. The molecule has 0 radical (unpaired) electrons. The van der Waals surface area contributed by atoms with Gasteiger partial charge in [0.25, 0.3) is 0 Å². The van der Waals surface area contributed by atoms with E-state index in [1.807, 2.05) is 51.5 Å². The first kappa shape index (κ1) is 19.1. The summed E-state index contributed by atoms with van der Waals surface area (Å²) in [5.41, 5.74) is 0. The van der Waals surface area contributed by atoms with Gasteiger partial charge in [-0.05, 0) is 21.6 Å². The van der Waals surface area contributed by atoms with Crippen LogP contribution in [0.4, 0.5) is 0 Å². The molecule has 0 aromatic heterocycles. The Kier molecular flexibility index (Phi) is 17.1. The van der Waals surface area contributed by atoms with Crippen LogP contribution in [0.25, 0.3) is 0 Å². The first-order chi connectivity index (χ1) is 8.85. The van der Waals surface area contributed by atoms with Crippen LogP contribution >= 0.6 is 70.6 Å². The molecule has 102 valence electrons. The van der Waals surface area contributed by atoms with E-state index in [0.717, 1.165) is 21.0 Å². The minimum Gasteiger partial charge on any atom is -0.145 e. The zero-order chi connectivity index (χ0) is 13.5. The molecule has 0 aliphatic carbocycles. The summed E-state index contributed by atoms with van der Waals surface area (Å²) in [4.78, 5) is 1.44. The zero-order valence-electron chi connectivity index (χ0n) is 10.2. The lowest BCUT2D eigenvalue weighted by Gasteiger charge is -2.05. The third kappa shape index (κ3) is 13.5. The van der Waals surface area contributed by atoms with Crippen LogP contribution in [-0.4, -0.2) is 21.0 Å². The third-order valence-electron chi connectivity index (χ3n) is 1.41. The van der Waals surface area contributed by atoms with Crippen LogP contribution in [0.3, 0.4) is 0 Å². The predicted octanol–water partition coefficient (Wildman–Crippen LogP) is 6.53. The quantitative estimate of drug-likeness (QED) is 0.270. The fraction of sp³-hybridized carbons (Fsp3) is 0.333. The Morgan fingerprint density at radius 1 is 0.778 bits per heavy atom. The average molecular weight is 355 g/mol. The van der Waals surface area contributed by atoms with E-state index in [1.165, 1.54) is 4.91 Å². The smallest absolute Gasteiger partial charge is 0.0477 e. The third-order valence-corrected chi connectivity index (χ3v) is 7.37. The van der Waals surface area contributed by atoms with Crippen molar-refractivity contribution in [2.24, 2.45) is 0 Å². The zero-order valence-corrected chi connectivity index (χ0v) is 15.1. The van der Waals surface area contributed by atoms with Gasteiger partial charge in [0.2, 0.25) is 0 Å². The van der Waals surface area contributed by atoms with Gasteiger partial charge in [-0.15, -0.1) is 70.6 Å². The van der Waals surface area contributed by atoms with Gasteiger partial charge in [0, 0.05) is 25.9 Å². The minimum absolute atomic E-state index is 1.04. The molecule has 0 bridgehead atoms. The summed E-state index contributed by atoms with van der Waals surface area (Å²) < 4.78 is 0. The molecule has 0 aliphatic rings. The molecule has 0 spiro atoms. The Morgan fingerprint density at radius 2 is 1.39 bits per heavy atom. The van der Waals surface area contributed by atoms with Crippen LogP contribution in [0.15, 0.2) is 46.3 Å². The summed E-state index contributed by atoms with van der Waals surface area (Å²) in [5.74, 6) is 1.08. The SMILES string of the molecule is C=CSCSC=C(CSCSC=C)SCSC=C. The molecule has 0 aromatic rings. The first-order valence-corrected chi connectivity index (χ1v) is 11.4. The lowest BCUT2D eigenvalue weighted by atomic mass is 10.7. The largest absolute Gasteiger partial charge is 0.145 e. The van der Waals surface area contributed by atoms with Crippen LogP contribution in [0.1, 0.15) is 0 Å². The fourth-order valence-corrected chi connectivity index (χ4v) is 5.78. The summed E-state index contributed by atoms with van der Waals surface area (Å²) in [5, 5.41) is 11.1. The second-order valence-corrected chi connectivity index (χ2v) is 9.50. The van der Waals surface area contributed by atoms with E-state index in [9.17, 15) is 0 Å². The van der Waals surface area contributed by atoms with Crippen molar-refractivity contribution in [3.8, 4) is 0 Å². The molecule has 0 nitrogen and oxygen atoms in total. The molecule has 0 amide bonds. The molecule has 18 heavy (non-hydrogen) atoms. The summed E-state index contributed by atoms with van der Waals surface area (Å²) in [7, 11) is 0. The summed E-state index contributed by atoms with van der Waals surface area (Å²) in [6.45, 7) is 11.1. The molecule has 0 fully saturated rings. The monoisotopic (exact) mass is 354 g/mol. The topological polar surface area (TPSA) is 0 Å². The van der Waals surface area contributed by atoms with Gasteiger partial charge in [0.1, 0.15) is 0 Å². The van der Waals surface area contributed by atoms with E-state index < -0.39 is 0 Å². The Morgan fingerprint density at radius 3 is 2.06 bits per heavy atom. The predicted molar refractivity (Wildman–Crippen MR) is 104 cm³/mol. The Hall–Kier alpha value is 1.06. The van der Waals surface area contributed by atoms with Crippen LogP contribution in [0, 0.1) is 0 Å². The highest BCUT2D eigenvalue weighted by molar-refractivity contribution is 8.21. The molecule has 0 aliphatic heterocycles. The molecule has 0 heterocycles. The van der Waals surface area contributed by atoms with Crippen LogP contribution < -0.4 is 0 Å². The Balaban J connectivity index is 3.92. The second-order valence-electron chi connectivity index (χ2n) is 2.60. The summed E-state index contributed by atoms with van der Waals surface area (Å²) in [6, 6.07) is 0. The van der Waals surface area contributed by atoms with Crippen molar-refractivity contribution in [1.82, 2.24) is 0 Å². The van der Waals surface area contributed by atoms with Gasteiger partial charge in [0.15, 0.2) is 0 Å². The van der Waals surface area contributed by atoms with Crippen LogP contribution in [0.2, 0.25) is 0 Å². The van der Waals surface area contributed by atoms with Gasteiger partial charge in [0.05, 0.1) is 0 Å². The highest BCUT2D eigenvalue weighted by Gasteiger charge is 1.99. The maximum Gasteiger partial charge on any atom is 0.0477 e. The first-order valence-electron chi connectivity index (χ1n) is 5.03. The van der Waals surface area contributed by atoms with Gasteiger partial charge in [-0.3, -0.25) is 0 Å². The molecular weight excluding hydrogens is 337 g/mol. The van der Waals surface area contributed by atoms with Crippen molar-refractivity contribution >= 4 is 70.6 Å².